The van der Waals surface area contributed by atoms with Crippen LogP contribution in [0.1, 0.15) is 6.92 Å². The molecule has 3 fully saturated rings. The lowest BCUT2D eigenvalue weighted by molar-refractivity contribution is -0.372. The summed E-state index contributed by atoms with van der Waals surface area (Å²) in [5.41, 5.74) is 0. The Bertz CT molecular complexity index is 695. The van der Waals surface area contributed by atoms with Crippen LogP contribution in [0.4, 0.5) is 0 Å². The second-order valence-corrected chi connectivity index (χ2v) is 8.36. The largest absolute Gasteiger partial charge is 0.479 e. The van der Waals surface area contributed by atoms with Gasteiger partial charge in [-0.2, -0.15) is 0 Å². The van der Waals surface area contributed by atoms with Crippen LogP contribution in [0.2, 0.25) is 0 Å². The van der Waals surface area contributed by atoms with Crippen molar-refractivity contribution < 1.29 is 79.5 Å². The molecule has 198 valence electrons. The van der Waals surface area contributed by atoms with Crippen LogP contribution in [0.3, 0.4) is 0 Å². The Labute approximate surface area is 192 Å². The van der Waals surface area contributed by atoms with E-state index in [0.717, 1.165) is 0 Å². The number of aliphatic carboxylic acids is 1. The lowest BCUT2D eigenvalue weighted by Gasteiger charge is -2.47. The van der Waals surface area contributed by atoms with Gasteiger partial charge in [-0.1, -0.05) is 0 Å². The maximum Gasteiger partial charge on any atom is 0.335 e. The van der Waals surface area contributed by atoms with Crippen molar-refractivity contribution in [3.8, 4) is 0 Å². The predicted octanol–water partition coefficient (Wildman–Crippen LogP) is -6.45. The first-order valence-corrected chi connectivity index (χ1v) is 10.4. The number of carbonyl (C=O) groups is 1. The first-order valence-electron chi connectivity index (χ1n) is 10.4. The van der Waals surface area contributed by atoms with E-state index in [1.54, 1.807) is 0 Å². The summed E-state index contributed by atoms with van der Waals surface area (Å²) in [6.07, 6.45) is -25.8. The van der Waals surface area contributed by atoms with E-state index in [1.165, 1.54) is 6.92 Å². The van der Waals surface area contributed by atoms with Crippen molar-refractivity contribution in [1.82, 2.24) is 0 Å². The number of hydrogen-bond donors (Lipinski definition) is 10. The number of ether oxygens (including phenoxy) is 5. The fraction of sp³-hybridized carbons (Fsp3) is 0.944. The first-order chi connectivity index (χ1) is 15.9. The quantitative estimate of drug-likeness (QED) is 0.162. The molecular formula is C18H30O16. The molecule has 3 rings (SSSR count). The Morgan fingerprint density at radius 3 is 1.85 bits per heavy atom. The zero-order valence-corrected chi connectivity index (χ0v) is 17.8. The van der Waals surface area contributed by atoms with Crippen LogP contribution < -0.4 is 0 Å². The number of aliphatic hydroxyl groups excluding tert-OH is 9. The lowest BCUT2D eigenvalue weighted by atomic mass is 9.96. The van der Waals surface area contributed by atoms with Gasteiger partial charge in [0, 0.05) is 0 Å². The van der Waals surface area contributed by atoms with Gasteiger partial charge in [-0.25, -0.2) is 4.79 Å². The van der Waals surface area contributed by atoms with E-state index in [9.17, 15) is 50.8 Å². The number of rotatable bonds is 6. The highest BCUT2D eigenvalue weighted by molar-refractivity contribution is 5.73. The minimum Gasteiger partial charge on any atom is -0.479 e. The third-order valence-corrected chi connectivity index (χ3v) is 6.01. The third-order valence-electron chi connectivity index (χ3n) is 6.01. The van der Waals surface area contributed by atoms with Gasteiger partial charge in [-0.05, 0) is 6.92 Å². The van der Waals surface area contributed by atoms with Gasteiger partial charge in [0.05, 0.1) is 12.7 Å². The second-order valence-electron chi connectivity index (χ2n) is 8.36. The van der Waals surface area contributed by atoms with E-state index in [4.69, 9.17) is 28.8 Å². The van der Waals surface area contributed by atoms with Crippen LogP contribution in [0.15, 0.2) is 0 Å². The first kappa shape index (κ1) is 27.5. The monoisotopic (exact) mass is 502 g/mol. The Morgan fingerprint density at radius 2 is 1.26 bits per heavy atom. The van der Waals surface area contributed by atoms with Crippen LogP contribution >= 0.6 is 0 Å². The molecule has 16 heteroatoms. The van der Waals surface area contributed by atoms with E-state index < -0.39 is 105 Å². The molecule has 3 aliphatic rings. The molecule has 10 N–H and O–H groups in total. The van der Waals surface area contributed by atoms with Gasteiger partial charge in [-0.15, -0.1) is 0 Å². The van der Waals surface area contributed by atoms with Crippen LogP contribution in [-0.4, -0.2) is 156 Å². The lowest BCUT2D eigenvalue weighted by Crippen LogP contribution is -2.66. The average molecular weight is 502 g/mol. The van der Waals surface area contributed by atoms with E-state index in [-0.39, 0.29) is 0 Å². The summed E-state index contributed by atoms with van der Waals surface area (Å²) in [7, 11) is 0. The predicted molar refractivity (Wildman–Crippen MR) is 100 cm³/mol. The summed E-state index contributed by atoms with van der Waals surface area (Å²) in [6.45, 7) is 0.614. The van der Waals surface area contributed by atoms with E-state index in [1.807, 2.05) is 0 Å². The Morgan fingerprint density at radius 1 is 0.706 bits per heavy atom. The van der Waals surface area contributed by atoms with Crippen molar-refractivity contribution in [2.45, 2.75) is 99.0 Å². The SMILES string of the molecule is C[C@@H]1O[C@@H](O[C@@H]2[C@@H](O)[C@@H](O)O[C@H](CO)[C@H]2O)[C@H](O)[C@H](O)[C@H]1O[C@@H]1O[C@H](C(=O)O)[C@@H](O)[C@H](O)[C@H]1O. The Balaban J connectivity index is 1.69. The summed E-state index contributed by atoms with van der Waals surface area (Å²) in [5, 5.41) is 99.2. The Hall–Kier alpha value is -1.09. The van der Waals surface area contributed by atoms with Gasteiger partial charge >= 0.3 is 5.97 Å². The molecule has 0 unspecified atom stereocenters. The van der Waals surface area contributed by atoms with Crippen LogP contribution in [-0.2, 0) is 28.5 Å². The van der Waals surface area contributed by atoms with Crippen molar-refractivity contribution >= 4 is 5.97 Å². The molecule has 0 aliphatic carbocycles. The molecule has 0 aromatic rings. The fourth-order valence-electron chi connectivity index (χ4n) is 4.01. The molecule has 34 heavy (non-hydrogen) atoms. The molecule has 15 atom stereocenters. The molecule has 3 heterocycles. The molecule has 3 aliphatic heterocycles. The minimum absolute atomic E-state index is 0.727. The highest BCUT2D eigenvalue weighted by Gasteiger charge is 2.53. The van der Waals surface area contributed by atoms with Gasteiger partial charge in [-0.3, -0.25) is 0 Å². The maximum atomic E-state index is 11.2. The minimum atomic E-state index is -1.96. The van der Waals surface area contributed by atoms with Gasteiger partial charge in [0.25, 0.3) is 0 Å². The normalized spacial score (nSPS) is 52.4. The van der Waals surface area contributed by atoms with Crippen LogP contribution in [0.25, 0.3) is 0 Å². The second kappa shape index (κ2) is 10.9. The highest BCUT2D eigenvalue weighted by atomic mass is 16.7. The molecule has 3 saturated heterocycles. The smallest absolute Gasteiger partial charge is 0.335 e. The van der Waals surface area contributed by atoms with Crippen molar-refractivity contribution in [3.05, 3.63) is 0 Å². The van der Waals surface area contributed by atoms with Gasteiger partial charge in [0.1, 0.15) is 61.0 Å². The fourth-order valence-corrected chi connectivity index (χ4v) is 4.01. The molecule has 0 aromatic heterocycles. The number of aliphatic hydroxyl groups is 9. The van der Waals surface area contributed by atoms with E-state index in [0.29, 0.717) is 0 Å². The van der Waals surface area contributed by atoms with E-state index >= 15 is 0 Å². The number of carboxylic acid groups (broad SMARTS) is 1. The molecule has 0 saturated carbocycles. The Kier molecular flexibility index (Phi) is 8.81. The summed E-state index contributed by atoms with van der Waals surface area (Å²) in [6, 6.07) is 0. The molecule has 0 spiro atoms. The number of carboxylic acids is 1. The van der Waals surface area contributed by atoms with Gasteiger partial charge < -0.3 is 74.7 Å². The molecular weight excluding hydrogens is 472 g/mol. The summed E-state index contributed by atoms with van der Waals surface area (Å²) >= 11 is 0. The highest BCUT2D eigenvalue weighted by Crippen LogP contribution is 2.32. The topological polar surface area (TPSA) is 266 Å². The van der Waals surface area contributed by atoms with Gasteiger partial charge in [0.15, 0.2) is 25.0 Å². The van der Waals surface area contributed by atoms with Crippen molar-refractivity contribution in [2.75, 3.05) is 6.61 Å². The zero-order chi connectivity index (χ0) is 25.5. The average Bonchev–Trinajstić information content (AvgIpc) is 2.79. The van der Waals surface area contributed by atoms with Crippen molar-refractivity contribution in [3.63, 3.8) is 0 Å². The number of hydrogen-bond acceptors (Lipinski definition) is 15. The van der Waals surface area contributed by atoms with Crippen LogP contribution in [0, 0.1) is 0 Å². The van der Waals surface area contributed by atoms with Crippen molar-refractivity contribution in [1.29, 1.82) is 0 Å². The van der Waals surface area contributed by atoms with Gasteiger partial charge in [0.2, 0.25) is 0 Å². The molecule has 0 bridgehead atoms. The molecule has 0 aromatic carbocycles. The molecule has 0 amide bonds. The zero-order valence-electron chi connectivity index (χ0n) is 17.8. The summed E-state index contributed by atoms with van der Waals surface area (Å²) in [5.74, 6) is -1.65. The molecule has 0 radical (unpaired) electrons. The summed E-state index contributed by atoms with van der Waals surface area (Å²) < 4.78 is 26.1. The summed E-state index contributed by atoms with van der Waals surface area (Å²) in [4.78, 5) is 11.2. The maximum absolute atomic E-state index is 11.2. The van der Waals surface area contributed by atoms with Crippen molar-refractivity contribution in [2.24, 2.45) is 0 Å². The van der Waals surface area contributed by atoms with E-state index in [2.05, 4.69) is 0 Å². The molecule has 16 nitrogen and oxygen atoms in total. The standard InChI is InChI=1S/C18H30O16/c1-3-12(32-18-9(24)6(21)7(22)14(34-18)15(27)28)8(23)10(25)17(30-3)33-13-5(20)4(2-19)31-16(29)11(13)26/h3-14,16-26,29H,2H2,1H3,(H,27,28)/t3-,4+,5+,6-,7-,8-,9+,10+,11+,12-,13-,14-,16-,17-,18+/m0/s1. The van der Waals surface area contributed by atoms with Crippen LogP contribution in [0.5, 0.6) is 0 Å². The third kappa shape index (κ3) is 5.20.